The Hall–Kier alpha value is -3.69. The number of anilines is 2. The zero-order chi connectivity index (χ0) is 23.8. The van der Waals surface area contributed by atoms with Gasteiger partial charge in [-0.05, 0) is 52.7 Å². The van der Waals surface area contributed by atoms with Crippen molar-refractivity contribution in [2.75, 3.05) is 23.3 Å². The minimum absolute atomic E-state index is 0.0330. The van der Waals surface area contributed by atoms with Gasteiger partial charge in [0, 0.05) is 25.5 Å². The van der Waals surface area contributed by atoms with Crippen molar-refractivity contribution in [2.24, 2.45) is 0 Å². The summed E-state index contributed by atoms with van der Waals surface area (Å²) in [7, 11) is 0. The average molecular weight is 452 g/mol. The summed E-state index contributed by atoms with van der Waals surface area (Å²) < 4.78 is 7.20. The standard InChI is InChI=1S/C23H29N7O3/c1-14-8-19-26-15(2)11-30(19)13-18(14)28-21(31)17-9-25-20(10-24-17)29-7-6-16(12-29)27-22(32)33-23(3,4)5/h8-11,13,16H,6-7,12H2,1-5H3,(H,27,32)(H,28,31). The second-order valence-electron chi connectivity index (χ2n) is 9.31. The van der Waals surface area contributed by atoms with Gasteiger partial charge in [-0.15, -0.1) is 0 Å². The van der Waals surface area contributed by atoms with Gasteiger partial charge in [-0.2, -0.15) is 0 Å². The summed E-state index contributed by atoms with van der Waals surface area (Å²) >= 11 is 0. The van der Waals surface area contributed by atoms with Crippen LogP contribution in [0, 0.1) is 13.8 Å². The first-order valence-corrected chi connectivity index (χ1v) is 10.9. The number of alkyl carbamates (subject to hydrolysis) is 1. The van der Waals surface area contributed by atoms with E-state index in [4.69, 9.17) is 4.74 Å². The molecule has 1 fully saturated rings. The van der Waals surface area contributed by atoms with E-state index < -0.39 is 11.7 Å². The molecule has 0 aromatic carbocycles. The van der Waals surface area contributed by atoms with Crippen LogP contribution in [0.5, 0.6) is 0 Å². The highest BCUT2D eigenvalue weighted by Crippen LogP contribution is 2.20. The van der Waals surface area contributed by atoms with Crippen LogP contribution in [-0.2, 0) is 4.74 Å². The van der Waals surface area contributed by atoms with Crippen molar-refractivity contribution in [2.45, 2.75) is 52.7 Å². The fraction of sp³-hybridized carbons (Fsp3) is 0.435. The summed E-state index contributed by atoms with van der Waals surface area (Å²) in [6.45, 7) is 10.7. The maximum Gasteiger partial charge on any atom is 0.407 e. The Kier molecular flexibility index (Phi) is 5.92. The molecule has 3 aromatic heterocycles. The van der Waals surface area contributed by atoms with E-state index in [0.717, 1.165) is 29.9 Å². The molecular weight excluding hydrogens is 422 g/mol. The number of fused-ring (bicyclic) bond motifs is 1. The number of ether oxygens (including phenoxy) is 1. The second-order valence-corrected chi connectivity index (χ2v) is 9.31. The summed E-state index contributed by atoms with van der Waals surface area (Å²) in [4.78, 5) is 39.9. The molecular formula is C23H29N7O3. The molecule has 0 bridgehead atoms. The molecule has 0 aliphatic carbocycles. The highest BCUT2D eigenvalue weighted by Gasteiger charge is 2.27. The molecule has 4 heterocycles. The number of imidazole rings is 1. The van der Waals surface area contributed by atoms with Crippen LogP contribution in [-0.4, -0.2) is 56.1 Å². The summed E-state index contributed by atoms with van der Waals surface area (Å²) in [5.41, 5.74) is 3.02. The third-order valence-electron chi connectivity index (χ3n) is 5.27. The normalized spacial score (nSPS) is 16.2. The van der Waals surface area contributed by atoms with Gasteiger partial charge in [-0.1, -0.05) is 0 Å². The molecule has 0 radical (unpaired) electrons. The summed E-state index contributed by atoms with van der Waals surface area (Å²) in [6.07, 6.45) is 7.14. The number of hydrogen-bond donors (Lipinski definition) is 2. The van der Waals surface area contributed by atoms with Crippen LogP contribution in [0.4, 0.5) is 16.3 Å². The monoisotopic (exact) mass is 451 g/mol. The molecule has 174 valence electrons. The number of nitrogens with zero attached hydrogens (tertiary/aromatic N) is 5. The predicted octanol–water partition coefficient (Wildman–Crippen LogP) is 3.10. The van der Waals surface area contributed by atoms with Crippen molar-refractivity contribution < 1.29 is 14.3 Å². The molecule has 10 nitrogen and oxygen atoms in total. The first-order chi connectivity index (χ1) is 15.6. The number of carbonyl (C=O) groups is 2. The number of nitrogens with one attached hydrogen (secondary N) is 2. The van der Waals surface area contributed by atoms with E-state index in [0.29, 0.717) is 18.1 Å². The predicted molar refractivity (Wildman–Crippen MR) is 125 cm³/mol. The van der Waals surface area contributed by atoms with Crippen molar-refractivity contribution in [3.8, 4) is 0 Å². The highest BCUT2D eigenvalue weighted by molar-refractivity contribution is 6.03. The van der Waals surface area contributed by atoms with Crippen molar-refractivity contribution in [3.05, 3.63) is 47.8 Å². The highest BCUT2D eigenvalue weighted by atomic mass is 16.6. The maximum absolute atomic E-state index is 12.7. The van der Waals surface area contributed by atoms with Crippen LogP contribution in [0.15, 0.2) is 30.9 Å². The maximum atomic E-state index is 12.7. The number of amides is 2. The third-order valence-corrected chi connectivity index (χ3v) is 5.27. The van der Waals surface area contributed by atoms with Gasteiger partial charge in [0.05, 0.1) is 29.8 Å². The third kappa shape index (κ3) is 5.39. The van der Waals surface area contributed by atoms with E-state index in [9.17, 15) is 9.59 Å². The van der Waals surface area contributed by atoms with E-state index in [-0.39, 0.29) is 17.6 Å². The summed E-state index contributed by atoms with van der Waals surface area (Å²) in [6, 6.07) is 1.89. The lowest BCUT2D eigenvalue weighted by Gasteiger charge is -2.22. The Morgan fingerprint density at radius 3 is 2.64 bits per heavy atom. The van der Waals surface area contributed by atoms with Crippen LogP contribution in [0.25, 0.3) is 5.65 Å². The van der Waals surface area contributed by atoms with E-state index in [1.807, 2.05) is 62.4 Å². The molecule has 0 spiro atoms. The van der Waals surface area contributed by atoms with Gasteiger partial charge < -0.3 is 24.7 Å². The zero-order valence-electron chi connectivity index (χ0n) is 19.5. The molecule has 0 saturated carbocycles. The number of carbonyl (C=O) groups excluding carboxylic acids is 2. The number of aryl methyl sites for hydroxylation is 2. The summed E-state index contributed by atoms with van der Waals surface area (Å²) in [5.74, 6) is 0.325. The molecule has 33 heavy (non-hydrogen) atoms. The van der Waals surface area contributed by atoms with Crippen LogP contribution in [0.1, 0.15) is 48.9 Å². The van der Waals surface area contributed by atoms with Gasteiger partial charge >= 0.3 is 6.09 Å². The molecule has 2 amide bonds. The Balaban J connectivity index is 1.37. The Morgan fingerprint density at radius 1 is 1.15 bits per heavy atom. The molecule has 10 heteroatoms. The van der Waals surface area contributed by atoms with Crippen molar-refractivity contribution in [3.63, 3.8) is 0 Å². The Labute approximate surface area is 192 Å². The average Bonchev–Trinajstić information content (AvgIpc) is 3.32. The fourth-order valence-corrected chi connectivity index (χ4v) is 3.74. The number of rotatable bonds is 4. The zero-order valence-corrected chi connectivity index (χ0v) is 19.5. The van der Waals surface area contributed by atoms with Crippen LogP contribution in [0.3, 0.4) is 0 Å². The summed E-state index contributed by atoms with van der Waals surface area (Å²) in [5, 5.41) is 5.79. The molecule has 1 unspecified atom stereocenters. The van der Waals surface area contributed by atoms with Gasteiger partial charge in [0.15, 0.2) is 0 Å². The smallest absolute Gasteiger partial charge is 0.407 e. The molecule has 1 aliphatic rings. The van der Waals surface area contributed by atoms with Crippen LogP contribution >= 0.6 is 0 Å². The first-order valence-electron chi connectivity index (χ1n) is 10.9. The molecule has 3 aromatic rings. The largest absolute Gasteiger partial charge is 0.444 e. The number of hydrogen-bond acceptors (Lipinski definition) is 7. The van der Waals surface area contributed by atoms with Crippen LogP contribution < -0.4 is 15.5 Å². The molecule has 1 atom stereocenters. The van der Waals surface area contributed by atoms with Gasteiger partial charge in [0.1, 0.15) is 22.8 Å². The Morgan fingerprint density at radius 2 is 1.94 bits per heavy atom. The lowest BCUT2D eigenvalue weighted by molar-refractivity contribution is 0.0509. The second kappa shape index (κ2) is 8.68. The molecule has 1 saturated heterocycles. The minimum atomic E-state index is -0.535. The van der Waals surface area contributed by atoms with Gasteiger partial charge in [-0.25, -0.2) is 19.7 Å². The van der Waals surface area contributed by atoms with Crippen molar-refractivity contribution >= 4 is 29.2 Å². The Bertz CT molecular complexity index is 1180. The van der Waals surface area contributed by atoms with E-state index >= 15 is 0 Å². The SMILES string of the molecule is Cc1cn2cc(NC(=O)c3cnc(N4CCC(NC(=O)OC(C)(C)C)C4)cn3)c(C)cc2n1. The molecule has 1 aliphatic heterocycles. The van der Waals surface area contributed by atoms with Gasteiger partial charge in [-0.3, -0.25) is 4.79 Å². The number of aromatic nitrogens is 4. The van der Waals surface area contributed by atoms with Gasteiger partial charge in [0.25, 0.3) is 5.91 Å². The van der Waals surface area contributed by atoms with E-state index in [1.165, 1.54) is 6.20 Å². The quantitative estimate of drug-likeness (QED) is 0.626. The topological polar surface area (TPSA) is 114 Å². The lowest BCUT2D eigenvalue weighted by Crippen LogP contribution is -2.40. The van der Waals surface area contributed by atoms with Crippen molar-refractivity contribution in [1.82, 2.24) is 24.7 Å². The number of pyridine rings is 1. The lowest BCUT2D eigenvalue weighted by atomic mass is 10.2. The minimum Gasteiger partial charge on any atom is -0.444 e. The molecule has 4 rings (SSSR count). The first kappa shape index (κ1) is 22.5. The van der Waals surface area contributed by atoms with Crippen LogP contribution in [0.2, 0.25) is 0 Å². The van der Waals surface area contributed by atoms with E-state index in [1.54, 1.807) is 6.20 Å². The molecule has 2 N–H and O–H groups in total. The fourth-order valence-electron chi connectivity index (χ4n) is 3.74. The van der Waals surface area contributed by atoms with Crippen molar-refractivity contribution in [1.29, 1.82) is 0 Å². The van der Waals surface area contributed by atoms with E-state index in [2.05, 4.69) is 25.6 Å². The van der Waals surface area contributed by atoms with Gasteiger partial charge in [0.2, 0.25) is 0 Å².